The molecule has 0 fully saturated rings. The lowest BCUT2D eigenvalue weighted by molar-refractivity contribution is -0.123. The molecule has 0 aliphatic heterocycles. The van der Waals surface area contributed by atoms with Crippen LogP contribution in [0.5, 0.6) is 11.5 Å². The summed E-state index contributed by atoms with van der Waals surface area (Å²) in [5.41, 5.74) is 0.492. The van der Waals surface area contributed by atoms with Crippen molar-refractivity contribution in [1.29, 1.82) is 5.26 Å². The molecule has 114 valence electrons. The molecule has 1 amide bonds. The molecule has 0 bridgehead atoms. The van der Waals surface area contributed by atoms with Gasteiger partial charge in [0.1, 0.15) is 0 Å². The van der Waals surface area contributed by atoms with Gasteiger partial charge in [-0.3, -0.25) is 4.79 Å². The van der Waals surface area contributed by atoms with Gasteiger partial charge in [-0.15, -0.1) is 0 Å². The normalized spacial score (nSPS) is 11.3. The van der Waals surface area contributed by atoms with Crippen molar-refractivity contribution in [2.24, 2.45) is 0 Å². The molecule has 1 aromatic rings. The monoisotopic (exact) mass is 290 g/mol. The Kier molecular flexibility index (Phi) is 7.10. The summed E-state index contributed by atoms with van der Waals surface area (Å²) in [7, 11) is 0. The van der Waals surface area contributed by atoms with Crippen molar-refractivity contribution in [3.05, 3.63) is 23.8 Å². The van der Waals surface area contributed by atoms with Crippen LogP contribution in [-0.4, -0.2) is 25.2 Å². The van der Waals surface area contributed by atoms with E-state index in [0.717, 1.165) is 12.8 Å². The number of nitrogens with zero attached hydrogens (tertiary/aromatic N) is 1. The van der Waals surface area contributed by atoms with Crippen molar-refractivity contribution in [3.63, 3.8) is 0 Å². The number of nitriles is 1. The number of hydrogen-bond acceptors (Lipinski definition) is 4. The quantitative estimate of drug-likeness (QED) is 0.799. The van der Waals surface area contributed by atoms with Crippen molar-refractivity contribution in [3.8, 4) is 17.6 Å². The number of ether oxygens (including phenoxy) is 2. The molecule has 1 rings (SSSR count). The Balaban J connectivity index is 2.62. The van der Waals surface area contributed by atoms with Crippen molar-refractivity contribution in [1.82, 2.24) is 5.32 Å². The minimum Gasteiger partial charge on any atom is -0.490 e. The number of carbonyl (C=O) groups excluding carboxylic acids is 1. The third-order valence-corrected chi connectivity index (χ3v) is 2.86. The average Bonchev–Trinajstić information content (AvgIpc) is 2.46. The van der Waals surface area contributed by atoms with Crippen molar-refractivity contribution in [2.45, 2.75) is 39.7 Å². The van der Waals surface area contributed by atoms with E-state index in [1.54, 1.807) is 18.2 Å². The van der Waals surface area contributed by atoms with Crippen LogP contribution in [0.4, 0.5) is 0 Å². The van der Waals surface area contributed by atoms with Crippen molar-refractivity contribution < 1.29 is 14.3 Å². The van der Waals surface area contributed by atoms with Gasteiger partial charge in [0, 0.05) is 12.1 Å². The summed E-state index contributed by atoms with van der Waals surface area (Å²) in [4.78, 5) is 11.8. The molecular formula is C16H22N2O3. The molecule has 5 nitrogen and oxygen atoms in total. The maximum absolute atomic E-state index is 11.8. The fourth-order valence-corrected chi connectivity index (χ4v) is 1.93. The minimum absolute atomic E-state index is 0.0694. The molecule has 1 N–H and O–H groups in total. The first kappa shape index (κ1) is 16.8. The van der Waals surface area contributed by atoms with Gasteiger partial charge in [0.25, 0.3) is 5.91 Å². The summed E-state index contributed by atoms with van der Waals surface area (Å²) in [6.07, 6.45) is 1.96. The van der Waals surface area contributed by atoms with Gasteiger partial charge >= 0.3 is 0 Å². The first-order chi connectivity index (χ1) is 10.1. The molecule has 1 atom stereocenters. The first-order valence-electron chi connectivity index (χ1n) is 7.19. The highest BCUT2D eigenvalue weighted by atomic mass is 16.5. The van der Waals surface area contributed by atoms with Gasteiger partial charge in [0.2, 0.25) is 0 Å². The Bertz CT molecular complexity index is 509. The summed E-state index contributed by atoms with van der Waals surface area (Å²) in [5, 5.41) is 11.7. The molecule has 0 aliphatic rings. The van der Waals surface area contributed by atoms with Gasteiger partial charge < -0.3 is 14.8 Å². The van der Waals surface area contributed by atoms with Gasteiger partial charge in [-0.25, -0.2) is 0 Å². The topological polar surface area (TPSA) is 71.3 Å². The summed E-state index contributed by atoms with van der Waals surface area (Å²) < 4.78 is 10.9. The lowest BCUT2D eigenvalue weighted by Gasteiger charge is -2.15. The molecule has 0 aliphatic carbocycles. The highest BCUT2D eigenvalue weighted by Gasteiger charge is 2.10. The van der Waals surface area contributed by atoms with Crippen LogP contribution in [-0.2, 0) is 4.79 Å². The van der Waals surface area contributed by atoms with Gasteiger partial charge in [-0.1, -0.05) is 13.3 Å². The number of nitrogens with one attached hydrogen (secondary N) is 1. The number of carbonyl (C=O) groups is 1. The number of hydrogen-bond donors (Lipinski definition) is 1. The summed E-state index contributed by atoms with van der Waals surface area (Å²) in [5.74, 6) is 0.780. The largest absolute Gasteiger partial charge is 0.490 e. The van der Waals surface area contributed by atoms with E-state index in [2.05, 4.69) is 12.2 Å². The molecule has 0 saturated heterocycles. The molecule has 0 radical (unpaired) electrons. The number of amides is 1. The maximum Gasteiger partial charge on any atom is 0.258 e. The predicted octanol–water partition coefficient (Wildman–Crippen LogP) is 2.64. The lowest BCUT2D eigenvalue weighted by Crippen LogP contribution is -2.35. The van der Waals surface area contributed by atoms with E-state index >= 15 is 0 Å². The average molecular weight is 290 g/mol. The van der Waals surface area contributed by atoms with E-state index in [1.807, 2.05) is 19.9 Å². The SMILES string of the molecule is CCCC(C)NC(=O)COc1ccc(C#N)cc1OCC. The van der Waals surface area contributed by atoms with Gasteiger partial charge in [0.05, 0.1) is 18.2 Å². The van der Waals surface area contributed by atoms with Crippen molar-refractivity contribution >= 4 is 5.91 Å². The van der Waals surface area contributed by atoms with E-state index in [0.29, 0.717) is 23.7 Å². The predicted molar refractivity (Wildman–Crippen MR) is 80.3 cm³/mol. The fourth-order valence-electron chi connectivity index (χ4n) is 1.93. The zero-order valence-corrected chi connectivity index (χ0v) is 12.8. The van der Waals surface area contributed by atoms with E-state index < -0.39 is 0 Å². The summed E-state index contributed by atoms with van der Waals surface area (Å²) in [6.45, 7) is 6.28. The molecule has 0 spiro atoms. The zero-order valence-electron chi connectivity index (χ0n) is 12.8. The molecule has 5 heteroatoms. The number of benzene rings is 1. The second kappa shape index (κ2) is 8.85. The Morgan fingerprint density at radius 1 is 1.33 bits per heavy atom. The van der Waals surface area contributed by atoms with E-state index in [4.69, 9.17) is 14.7 Å². The Labute approximate surface area is 125 Å². The van der Waals surface area contributed by atoms with Gasteiger partial charge in [-0.05, 0) is 32.4 Å². The molecule has 21 heavy (non-hydrogen) atoms. The summed E-state index contributed by atoms with van der Waals surface area (Å²) >= 11 is 0. The summed E-state index contributed by atoms with van der Waals surface area (Å²) in [6, 6.07) is 7.07. The number of rotatable bonds is 8. The Morgan fingerprint density at radius 3 is 2.71 bits per heavy atom. The van der Waals surface area contributed by atoms with Crippen LogP contribution in [0.2, 0.25) is 0 Å². The maximum atomic E-state index is 11.8. The molecule has 0 saturated carbocycles. The van der Waals surface area contributed by atoms with Crippen LogP contribution in [0.25, 0.3) is 0 Å². The smallest absolute Gasteiger partial charge is 0.258 e. The van der Waals surface area contributed by atoms with Gasteiger partial charge in [-0.2, -0.15) is 5.26 Å². The van der Waals surface area contributed by atoms with Crippen LogP contribution >= 0.6 is 0 Å². The molecule has 1 unspecified atom stereocenters. The van der Waals surface area contributed by atoms with E-state index in [9.17, 15) is 4.79 Å². The van der Waals surface area contributed by atoms with Crippen LogP contribution in [0, 0.1) is 11.3 Å². The van der Waals surface area contributed by atoms with Crippen LogP contribution in [0.1, 0.15) is 39.2 Å². The molecule has 0 heterocycles. The third kappa shape index (κ3) is 5.74. The Morgan fingerprint density at radius 2 is 2.10 bits per heavy atom. The zero-order chi connectivity index (χ0) is 15.7. The van der Waals surface area contributed by atoms with E-state index in [1.165, 1.54) is 0 Å². The first-order valence-corrected chi connectivity index (χ1v) is 7.19. The van der Waals surface area contributed by atoms with Crippen LogP contribution < -0.4 is 14.8 Å². The second-order valence-corrected chi connectivity index (χ2v) is 4.75. The minimum atomic E-state index is -0.164. The highest BCUT2D eigenvalue weighted by molar-refractivity contribution is 5.77. The van der Waals surface area contributed by atoms with Gasteiger partial charge in [0.15, 0.2) is 18.1 Å². The third-order valence-electron chi connectivity index (χ3n) is 2.86. The molecule has 0 aromatic heterocycles. The van der Waals surface area contributed by atoms with Crippen LogP contribution in [0.3, 0.4) is 0 Å². The molecule has 1 aromatic carbocycles. The molecular weight excluding hydrogens is 268 g/mol. The highest BCUT2D eigenvalue weighted by Crippen LogP contribution is 2.28. The lowest BCUT2D eigenvalue weighted by atomic mass is 10.2. The van der Waals surface area contributed by atoms with Crippen LogP contribution in [0.15, 0.2) is 18.2 Å². The second-order valence-electron chi connectivity index (χ2n) is 4.75. The fraction of sp³-hybridized carbons (Fsp3) is 0.500. The van der Waals surface area contributed by atoms with E-state index in [-0.39, 0.29) is 18.6 Å². The van der Waals surface area contributed by atoms with Crippen molar-refractivity contribution in [2.75, 3.05) is 13.2 Å². The Hall–Kier alpha value is -2.22. The standard InChI is InChI=1S/C16H22N2O3/c1-4-6-12(3)18-16(19)11-21-14-8-7-13(10-17)9-15(14)20-5-2/h7-9,12H,4-6,11H2,1-3H3,(H,18,19).